The number of thioether (sulfide) groups is 1. The second-order valence-electron chi connectivity index (χ2n) is 4.42. The van der Waals surface area contributed by atoms with Crippen LogP contribution in [-0.4, -0.2) is 55.1 Å². The lowest BCUT2D eigenvalue weighted by molar-refractivity contribution is -0.140. The van der Waals surface area contributed by atoms with E-state index in [4.69, 9.17) is 0 Å². The van der Waals surface area contributed by atoms with Gasteiger partial charge in [0.05, 0.1) is 12.9 Å². The highest BCUT2D eigenvalue weighted by atomic mass is 32.2. The van der Waals surface area contributed by atoms with Crippen LogP contribution in [0, 0.1) is 0 Å². The monoisotopic (exact) mass is 295 g/mol. The normalized spacial score (nSPS) is 25.9. The lowest BCUT2D eigenvalue weighted by Crippen LogP contribution is -2.48. The molecule has 1 aliphatic rings. The SMILES string of the molecule is COC(=O)CCCS(=O)(=O)N1CCS[C@H](C)[C@@H]1C. The van der Waals surface area contributed by atoms with E-state index in [9.17, 15) is 13.2 Å². The molecule has 7 heteroatoms. The van der Waals surface area contributed by atoms with E-state index in [1.165, 1.54) is 7.11 Å². The van der Waals surface area contributed by atoms with E-state index in [1.807, 2.05) is 13.8 Å². The van der Waals surface area contributed by atoms with E-state index in [1.54, 1.807) is 16.1 Å². The van der Waals surface area contributed by atoms with Gasteiger partial charge in [-0.05, 0) is 13.3 Å². The van der Waals surface area contributed by atoms with E-state index < -0.39 is 10.0 Å². The number of esters is 1. The number of ether oxygens (including phenoxy) is 1. The topological polar surface area (TPSA) is 63.7 Å². The van der Waals surface area contributed by atoms with Gasteiger partial charge < -0.3 is 4.74 Å². The van der Waals surface area contributed by atoms with Crippen LogP contribution in [0.3, 0.4) is 0 Å². The van der Waals surface area contributed by atoms with Crippen LogP contribution in [0.25, 0.3) is 0 Å². The van der Waals surface area contributed by atoms with Gasteiger partial charge in [-0.3, -0.25) is 4.79 Å². The Balaban J connectivity index is 2.54. The Labute approximate surface area is 113 Å². The first-order chi connectivity index (χ1) is 8.38. The summed E-state index contributed by atoms with van der Waals surface area (Å²) in [4.78, 5) is 11.0. The molecule has 0 amide bonds. The van der Waals surface area contributed by atoms with Crippen LogP contribution >= 0.6 is 11.8 Å². The fourth-order valence-corrected chi connectivity index (χ4v) is 5.01. The van der Waals surface area contributed by atoms with Crippen LogP contribution in [0.2, 0.25) is 0 Å². The summed E-state index contributed by atoms with van der Waals surface area (Å²) in [6, 6.07) is 0.0203. The van der Waals surface area contributed by atoms with Gasteiger partial charge in [0.2, 0.25) is 10.0 Å². The number of hydrogen-bond donors (Lipinski definition) is 0. The van der Waals surface area contributed by atoms with Gasteiger partial charge in [-0.15, -0.1) is 0 Å². The first kappa shape index (κ1) is 15.8. The maximum Gasteiger partial charge on any atom is 0.305 e. The van der Waals surface area contributed by atoms with Crippen LogP contribution in [0.4, 0.5) is 0 Å². The molecule has 0 aromatic heterocycles. The Kier molecular flexibility index (Phi) is 5.94. The molecule has 5 nitrogen and oxygen atoms in total. The highest BCUT2D eigenvalue weighted by Gasteiger charge is 2.33. The number of rotatable bonds is 5. The molecule has 2 atom stereocenters. The van der Waals surface area contributed by atoms with Crippen molar-refractivity contribution in [1.29, 1.82) is 0 Å². The maximum atomic E-state index is 12.2. The number of hydrogen-bond acceptors (Lipinski definition) is 5. The summed E-state index contributed by atoms with van der Waals surface area (Å²) in [7, 11) is -1.95. The van der Waals surface area contributed by atoms with Gasteiger partial charge in [-0.1, -0.05) is 6.92 Å². The third-order valence-corrected chi connectivity index (χ3v) is 6.57. The molecular weight excluding hydrogens is 274 g/mol. The van der Waals surface area contributed by atoms with Crippen LogP contribution in [0.5, 0.6) is 0 Å². The van der Waals surface area contributed by atoms with Crippen molar-refractivity contribution < 1.29 is 17.9 Å². The highest BCUT2D eigenvalue weighted by Crippen LogP contribution is 2.26. The Bertz CT molecular complexity index is 383. The first-order valence-electron chi connectivity index (χ1n) is 6.06. The third-order valence-electron chi connectivity index (χ3n) is 3.19. The van der Waals surface area contributed by atoms with E-state index in [-0.39, 0.29) is 24.2 Å². The Hall–Kier alpha value is -0.270. The van der Waals surface area contributed by atoms with E-state index in [0.717, 1.165) is 5.75 Å². The summed E-state index contributed by atoms with van der Waals surface area (Å²) < 4.78 is 30.4. The molecule has 0 aromatic carbocycles. The molecule has 1 heterocycles. The van der Waals surface area contributed by atoms with Crippen LogP contribution in [0.1, 0.15) is 26.7 Å². The van der Waals surface area contributed by atoms with Crippen LogP contribution in [0.15, 0.2) is 0 Å². The molecule has 0 spiro atoms. The zero-order valence-corrected chi connectivity index (χ0v) is 12.7. The molecular formula is C11H21NO4S2. The predicted octanol–water partition coefficient (Wildman–Crippen LogP) is 1.10. The van der Waals surface area contributed by atoms with Crippen molar-refractivity contribution in [3.8, 4) is 0 Å². The minimum absolute atomic E-state index is 0.0177. The molecule has 1 saturated heterocycles. The smallest absolute Gasteiger partial charge is 0.305 e. The second-order valence-corrected chi connectivity index (χ2v) is 7.95. The minimum Gasteiger partial charge on any atom is -0.469 e. The molecule has 0 aliphatic carbocycles. The average molecular weight is 295 g/mol. The van der Waals surface area contributed by atoms with Crippen LogP contribution in [-0.2, 0) is 19.6 Å². The fourth-order valence-electron chi connectivity index (χ4n) is 1.92. The number of carbonyl (C=O) groups excluding carboxylic acids is 1. The summed E-state index contributed by atoms with van der Waals surface area (Å²) in [6.07, 6.45) is 0.474. The van der Waals surface area contributed by atoms with E-state index in [0.29, 0.717) is 18.2 Å². The van der Waals surface area contributed by atoms with Crippen molar-refractivity contribution in [3.05, 3.63) is 0 Å². The van der Waals surface area contributed by atoms with Gasteiger partial charge in [-0.25, -0.2) is 8.42 Å². The molecule has 1 rings (SSSR count). The average Bonchev–Trinajstić information content (AvgIpc) is 2.32. The molecule has 0 radical (unpaired) electrons. The van der Waals surface area contributed by atoms with Crippen molar-refractivity contribution in [1.82, 2.24) is 4.31 Å². The van der Waals surface area contributed by atoms with Gasteiger partial charge in [0.25, 0.3) is 0 Å². The summed E-state index contributed by atoms with van der Waals surface area (Å²) in [5.41, 5.74) is 0. The zero-order chi connectivity index (χ0) is 13.8. The number of sulfonamides is 1. The molecule has 106 valence electrons. The van der Waals surface area contributed by atoms with Crippen LogP contribution < -0.4 is 0 Å². The summed E-state index contributed by atoms with van der Waals surface area (Å²) in [6.45, 7) is 4.55. The van der Waals surface area contributed by atoms with Crippen molar-refractivity contribution in [2.24, 2.45) is 0 Å². The summed E-state index contributed by atoms with van der Waals surface area (Å²) >= 11 is 1.80. The predicted molar refractivity (Wildman–Crippen MR) is 73.1 cm³/mol. The van der Waals surface area contributed by atoms with E-state index in [2.05, 4.69) is 4.74 Å². The minimum atomic E-state index is -3.26. The van der Waals surface area contributed by atoms with Crippen molar-refractivity contribution in [2.45, 2.75) is 38.0 Å². The summed E-state index contributed by atoms with van der Waals surface area (Å²) in [5.74, 6) is 0.492. The molecule has 1 aliphatic heterocycles. The van der Waals surface area contributed by atoms with Crippen molar-refractivity contribution in [3.63, 3.8) is 0 Å². The first-order valence-corrected chi connectivity index (χ1v) is 8.72. The standard InChI is InChI=1S/C11H21NO4S2/c1-9-10(2)17-7-6-12(9)18(14,15)8-4-5-11(13)16-3/h9-10H,4-8H2,1-3H3/t9-,10+/m0/s1. The summed E-state index contributed by atoms with van der Waals surface area (Å²) in [5, 5.41) is 0.314. The van der Waals surface area contributed by atoms with Gasteiger partial charge in [0.1, 0.15) is 0 Å². The molecule has 0 unspecified atom stereocenters. The maximum absolute atomic E-state index is 12.2. The number of methoxy groups -OCH3 is 1. The Morgan fingerprint density at radius 3 is 2.72 bits per heavy atom. The zero-order valence-electron chi connectivity index (χ0n) is 11.1. The molecule has 0 aromatic rings. The second kappa shape index (κ2) is 6.77. The molecule has 18 heavy (non-hydrogen) atoms. The lowest BCUT2D eigenvalue weighted by Gasteiger charge is -2.36. The Morgan fingerprint density at radius 1 is 1.44 bits per heavy atom. The van der Waals surface area contributed by atoms with Crippen molar-refractivity contribution in [2.75, 3.05) is 25.2 Å². The lowest BCUT2D eigenvalue weighted by atomic mass is 10.2. The molecule has 0 bridgehead atoms. The largest absolute Gasteiger partial charge is 0.469 e. The fraction of sp³-hybridized carbons (Fsp3) is 0.909. The number of nitrogens with zero attached hydrogens (tertiary/aromatic N) is 1. The third kappa shape index (κ3) is 4.13. The van der Waals surface area contributed by atoms with E-state index >= 15 is 0 Å². The molecule has 1 fully saturated rings. The van der Waals surface area contributed by atoms with Crippen molar-refractivity contribution >= 4 is 27.8 Å². The van der Waals surface area contributed by atoms with Gasteiger partial charge in [-0.2, -0.15) is 16.1 Å². The molecule has 0 N–H and O–H groups in total. The van der Waals surface area contributed by atoms with Gasteiger partial charge in [0.15, 0.2) is 0 Å². The van der Waals surface area contributed by atoms with Gasteiger partial charge in [0, 0.05) is 30.0 Å². The van der Waals surface area contributed by atoms with Gasteiger partial charge >= 0.3 is 5.97 Å². The molecule has 0 saturated carbocycles. The number of carbonyl (C=O) groups is 1. The highest BCUT2D eigenvalue weighted by molar-refractivity contribution is 8.00. The quantitative estimate of drug-likeness (QED) is 0.711. The Morgan fingerprint density at radius 2 is 2.11 bits per heavy atom.